The molecule has 1 aliphatic carbocycles. The van der Waals surface area contributed by atoms with Crippen LogP contribution in [0.4, 0.5) is 0 Å². The maximum absolute atomic E-state index is 2.42. The van der Waals surface area contributed by atoms with Crippen LogP contribution in [-0.2, 0) is 0 Å². The molecular weight excluding hydrogens is 192 g/mol. The third kappa shape index (κ3) is 5.92. The van der Waals surface area contributed by atoms with E-state index >= 15 is 0 Å². The van der Waals surface area contributed by atoms with Gasteiger partial charge in [0.2, 0.25) is 0 Å². The van der Waals surface area contributed by atoms with Gasteiger partial charge in [0.05, 0.1) is 0 Å². The van der Waals surface area contributed by atoms with E-state index in [2.05, 4.69) is 20.8 Å². The van der Waals surface area contributed by atoms with Crippen molar-refractivity contribution >= 4 is 0 Å². The van der Waals surface area contributed by atoms with Gasteiger partial charge >= 0.3 is 0 Å². The van der Waals surface area contributed by atoms with Crippen molar-refractivity contribution in [2.45, 2.75) is 85.0 Å². The Hall–Kier alpha value is 0. The smallest absolute Gasteiger partial charge is 0.0412 e. The SMILES string of the molecule is CCC(C)CCCCCCC1CCC(C)C1. The Labute approximate surface area is 103 Å². The van der Waals surface area contributed by atoms with Crippen LogP contribution in [0.25, 0.3) is 0 Å². The van der Waals surface area contributed by atoms with Crippen LogP contribution in [0.5, 0.6) is 0 Å². The molecular formula is C16H32. The summed E-state index contributed by atoms with van der Waals surface area (Å²) in [5.41, 5.74) is 0. The van der Waals surface area contributed by atoms with Crippen molar-refractivity contribution in [3.63, 3.8) is 0 Å². The molecule has 0 saturated heterocycles. The molecule has 0 aromatic heterocycles. The van der Waals surface area contributed by atoms with Crippen molar-refractivity contribution in [3.05, 3.63) is 0 Å². The molecule has 0 heterocycles. The molecule has 0 aromatic rings. The maximum atomic E-state index is 2.42. The highest BCUT2D eigenvalue weighted by Crippen LogP contribution is 2.33. The van der Waals surface area contributed by atoms with Crippen LogP contribution in [0.3, 0.4) is 0 Å². The normalized spacial score (nSPS) is 27.2. The predicted molar refractivity (Wildman–Crippen MR) is 73.7 cm³/mol. The van der Waals surface area contributed by atoms with Gasteiger partial charge < -0.3 is 0 Å². The molecule has 3 atom stereocenters. The van der Waals surface area contributed by atoms with Crippen molar-refractivity contribution in [2.24, 2.45) is 17.8 Å². The first-order chi connectivity index (χ1) is 7.72. The van der Waals surface area contributed by atoms with Crippen LogP contribution in [0.15, 0.2) is 0 Å². The average molecular weight is 224 g/mol. The Morgan fingerprint density at radius 1 is 1.06 bits per heavy atom. The Morgan fingerprint density at radius 2 is 1.81 bits per heavy atom. The van der Waals surface area contributed by atoms with Crippen LogP contribution < -0.4 is 0 Å². The van der Waals surface area contributed by atoms with Gasteiger partial charge in [0, 0.05) is 0 Å². The summed E-state index contributed by atoms with van der Waals surface area (Å²) < 4.78 is 0. The molecule has 0 bridgehead atoms. The molecule has 1 fully saturated rings. The van der Waals surface area contributed by atoms with Crippen LogP contribution in [0, 0.1) is 17.8 Å². The van der Waals surface area contributed by atoms with E-state index < -0.39 is 0 Å². The zero-order valence-electron chi connectivity index (χ0n) is 11.8. The molecule has 0 radical (unpaired) electrons. The summed E-state index contributed by atoms with van der Waals surface area (Å²) in [5.74, 6) is 3.07. The first-order valence-corrected chi connectivity index (χ1v) is 7.72. The van der Waals surface area contributed by atoms with Crippen LogP contribution in [0.2, 0.25) is 0 Å². The number of hydrogen-bond acceptors (Lipinski definition) is 0. The van der Waals surface area contributed by atoms with Crippen LogP contribution >= 0.6 is 0 Å². The van der Waals surface area contributed by atoms with Gasteiger partial charge in [-0.15, -0.1) is 0 Å². The van der Waals surface area contributed by atoms with Crippen LogP contribution in [0.1, 0.15) is 85.0 Å². The Kier molecular flexibility index (Phi) is 7.16. The second kappa shape index (κ2) is 8.14. The third-order valence-corrected chi connectivity index (χ3v) is 4.56. The Balaban J connectivity index is 1.85. The minimum Gasteiger partial charge on any atom is -0.0651 e. The second-order valence-corrected chi connectivity index (χ2v) is 6.29. The van der Waals surface area contributed by atoms with E-state index in [9.17, 15) is 0 Å². The standard InChI is InChI=1S/C16H32/c1-4-14(2)9-7-5-6-8-10-16-12-11-15(3)13-16/h14-16H,4-13H2,1-3H3. The van der Waals surface area contributed by atoms with E-state index in [0.717, 1.165) is 17.8 Å². The molecule has 3 unspecified atom stereocenters. The zero-order chi connectivity index (χ0) is 11.8. The predicted octanol–water partition coefficient (Wildman–Crippen LogP) is 5.81. The fourth-order valence-corrected chi connectivity index (χ4v) is 3.07. The highest BCUT2D eigenvalue weighted by atomic mass is 14.3. The zero-order valence-corrected chi connectivity index (χ0v) is 11.8. The summed E-state index contributed by atoms with van der Waals surface area (Å²) in [6, 6.07) is 0. The molecule has 0 aliphatic heterocycles. The van der Waals surface area contributed by atoms with Gasteiger partial charge in [-0.2, -0.15) is 0 Å². The summed E-state index contributed by atoms with van der Waals surface area (Å²) >= 11 is 0. The summed E-state index contributed by atoms with van der Waals surface area (Å²) in [6.45, 7) is 7.12. The van der Waals surface area contributed by atoms with Crippen molar-refractivity contribution in [2.75, 3.05) is 0 Å². The lowest BCUT2D eigenvalue weighted by Crippen LogP contribution is -1.95. The highest BCUT2D eigenvalue weighted by molar-refractivity contribution is 4.72. The summed E-state index contributed by atoms with van der Waals surface area (Å²) in [7, 11) is 0. The minimum absolute atomic E-state index is 0.954. The monoisotopic (exact) mass is 224 g/mol. The molecule has 16 heavy (non-hydrogen) atoms. The van der Waals surface area contributed by atoms with Crippen molar-refractivity contribution < 1.29 is 0 Å². The molecule has 96 valence electrons. The minimum atomic E-state index is 0.954. The first kappa shape index (κ1) is 14.1. The Morgan fingerprint density at radius 3 is 2.44 bits per heavy atom. The van der Waals surface area contributed by atoms with E-state index in [4.69, 9.17) is 0 Å². The third-order valence-electron chi connectivity index (χ3n) is 4.56. The quantitative estimate of drug-likeness (QED) is 0.456. The molecule has 1 rings (SSSR count). The largest absolute Gasteiger partial charge is 0.0651 e. The van der Waals surface area contributed by atoms with Crippen LogP contribution in [-0.4, -0.2) is 0 Å². The van der Waals surface area contributed by atoms with Gasteiger partial charge in [-0.1, -0.05) is 78.6 Å². The topological polar surface area (TPSA) is 0 Å². The fraction of sp³-hybridized carbons (Fsp3) is 1.00. The lowest BCUT2D eigenvalue weighted by molar-refractivity contribution is 0.433. The molecule has 0 amide bonds. The summed E-state index contributed by atoms with van der Waals surface area (Å²) in [4.78, 5) is 0. The van der Waals surface area contributed by atoms with E-state index in [-0.39, 0.29) is 0 Å². The van der Waals surface area contributed by atoms with Gasteiger partial charge in [0.1, 0.15) is 0 Å². The molecule has 0 N–H and O–H groups in total. The highest BCUT2D eigenvalue weighted by Gasteiger charge is 2.20. The van der Waals surface area contributed by atoms with Crippen molar-refractivity contribution in [1.82, 2.24) is 0 Å². The number of unbranched alkanes of at least 4 members (excludes halogenated alkanes) is 3. The van der Waals surface area contributed by atoms with Gasteiger partial charge in [-0.25, -0.2) is 0 Å². The molecule has 1 aliphatic rings. The summed E-state index contributed by atoms with van der Waals surface area (Å²) in [6.07, 6.45) is 14.8. The molecule has 0 nitrogen and oxygen atoms in total. The number of hydrogen-bond donors (Lipinski definition) is 0. The van der Waals surface area contributed by atoms with Gasteiger partial charge in [0.25, 0.3) is 0 Å². The molecule has 0 aromatic carbocycles. The van der Waals surface area contributed by atoms with E-state index in [1.165, 1.54) is 64.2 Å². The fourth-order valence-electron chi connectivity index (χ4n) is 3.07. The molecule has 0 heteroatoms. The van der Waals surface area contributed by atoms with Gasteiger partial charge in [0.15, 0.2) is 0 Å². The lowest BCUT2D eigenvalue weighted by Gasteiger charge is -2.10. The van der Waals surface area contributed by atoms with Gasteiger partial charge in [-0.05, 0) is 24.2 Å². The lowest BCUT2D eigenvalue weighted by atomic mass is 9.96. The molecule has 1 saturated carbocycles. The van der Waals surface area contributed by atoms with Crippen molar-refractivity contribution in [3.8, 4) is 0 Å². The average Bonchev–Trinajstić information content (AvgIpc) is 2.69. The van der Waals surface area contributed by atoms with Gasteiger partial charge in [-0.3, -0.25) is 0 Å². The summed E-state index contributed by atoms with van der Waals surface area (Å²) in [5, 5.41) is 0. The molecule has 0 spiro atoms. The second-order valence-electron chi connectivity index (χ2n) is 6.29. The number of rotatable bonds is 8. The maximum Gasteiger partial charge on any atom is -0.0412 e. The van der Waals surface area contributed by atoms with E-state index in [1.54, 1.807) is 0 Å². The van der Waals surface area contributed by atoms with Crippen molar-refractivity contribution in [1.29, 1.82) is 0 Å². The van der Waals surface area contributed by atoms with E-state index in [1.807, 2.05) is 0 Å². The first-order valence-electron chi connectivity index (χ1n) is 7.72. The Bertz CT molecular complexity index is 161. The van der Waals surface area contributed by atoms with E-state index in [0.29, 0.717) is 0 Å².